The fourth-order valence-electron chi connectivity index (χ4n) is 3.85. The summed E-state index contributed by atoms with van der Waals surface area (Å²) in [5.41, 5.74) is 7.08. The molecule has 3 unspecified atom stereocenters. The Balaban J connectivity index is 0.00000208. The maximum Gasteiger partial charge on any atom is 0.237 e. The van der Waals surface area contributed by atoms with Crippen LogP contribution in [0.4, 0.5) is 0 Å². The summed E-state index contributed by atoms with van der Waals surface area (Å²) in [5, 5.41) is 3.20. The van der Waals surface area contributed by atoms with E-state index in [-0.39, 0.29) is 35.9 Å². The van der Waals surface area contributed by atoms with Crippen LogP contribution in [0.3, 0.4) is 0 Å². The first-order valence-corrected chi connectivity index (χ1v) is 8.88. The summed E-state index contributed by atoms with van der Waals surface area (Å²) in [7, 11) is 0. The second-order valence-corrected chi connectivity index (χ2v) is 7.21. The molecule has 0 radical (unpaired) electrons. The number of hydrogen-bond donors (Lipinski definition) is 2. The van der Waals surface area contributed by atoms with Gasteiger partial charge in [-0.05, 0) is 37.7 Å². The van der Waals surface area contributed by atoms with Crippen LogP contribution >= 0.6 is 12.4 Å². The quantitative estimate of drug-likeness (QED) is 0.867. The molecule has 0 aromatic heterocycles. The molecule has 1 heterocycles. The molecule has 5 heteroatoms. The van der Waals surface area contributed by atoms with Gasteiger partial charge in [0.2, 0.25) is 5.91 Å². The van der Waals surface area contributed by atoms with Crippen LogP contribution < -0.4 is 15.8 Å². The molecule has 4 nitrogen and oxygen atoms in total. The predicted molar refractivity (Wildman–Crippen MR) is 98.4 cm³/mol. The highest BCUT2D eigenvalue weighted by molar-refractivity contribution is 5.85. The Morgan fingerprint density at radius 3 is 2.71 bits per heavy atom. The number of fused-ring (bicyclic) bond motifs is 1. The van der Waals surface area contributed by atoms with E-state index in [0.717, 1.165) is 37.0 Å². The predicted octanol–water partition coefficient (Wildman–Crippen LogP) is 3.73. The Bertz CT molecular complexity index is 572. The number of hydrogen-bond acceptors (Lipinski definition) is 3. The molecule has 3 rings (SSSR count). The second kappa shape index (κ2) is 7.75. The molecule has 1 saturated carbocycles. The Kier molecular flexibility index (Phi) is 6.16. The lowest BCUT2D eigenvalue weighted by Gasteiger charge is -2.40. The van der Waals surface area contributed by atoms with Crippen LogP contribution in [0.15, 0.2) is 24.3 Å². The van der Waals surface area contributed by atoms with Gasteiger partial charge in [-0.3, -0.25) is 4.79 Å². The molecule has 2 aliphatic rings. The summed E-state index contributed by atoms with van der Waals surface area (Å²) in [6.07, 6.45) is 6.31. The third-order valence-electron chi connectivity index (χ3n) is 5.59. The highest BCUT2D eigenvalue weighted by Crippen LogP contribution is 2.47. The van der Waals surface area contributed by atoms with Crippen LogP contribution in [0.25, 0.3) is 0 Å². The van der Waals surface area contributed by atoms with Gasteiger partial charge in [-0.15, -0.1) is 12.4 Å². The molecule has 24 heavy (non-hydrogen) atoms. The number of nitrogens with two attached hydrogens (primary N) is 1. The fraction of sp³-hybridized carbons (Fsp3) is 0.632. The molecule has 1 aromatic carbocycles. The summed E-state index contributed by atoms with van der Waals surface area (Å²) < 4.78 is 6.34. The van der Waals surface area contributed by atoms with Crippen molar-refractivity contribution in [2.45, 2.75) is 70.1 Å². The van der Waals surface area contributed by atoms with Crippen molar-refractivity contribution in [2.75, 3.05) is 0 Å². The maximum absolute atomic E-state index is 12.5. The van der Waals surface area contributed by atoms with E-state index in [2.05, 4.69) is 18.3 Å². The monoisotopic (exact) mass is 352 g/mol. The molecule has 1 aliphatic carbocycles. The van der Waals surface area contributed by atoms with Gasteiger partial charge in [-0.25, -0.2) is 0 Å². The lowest BCUT2D eigenvalue weighted by molar-refractivity contribution is -0.124. The Labute approximate surface area is 150 Å². The summed E-state index contributed by atoms with van der Waals surface area (Å²) in [6, 6.07) is 7.62. The van der Waals surface area contributed by atoms with Crippen LogP contribution in [0.2, 0.25) is 0 Å². The molecule has 1 fully saturated rings. The molecule has 3 atom stereocenters. The molecule has 1 amide bonds. The molecule has 3 N–H and O–H groups in total. The summed E-state index contributed by atoms with van der Waals surface area (Å²) in [4.78, 5) is 12.5. The molecule has 1 aliphatic heterocycles. The van der Waals surface area contributed by atoms with Gasteiger partial charge in [0.1, 0.15) is 11.4 Å². The number of amides is 1. The van der Waals surface area contributed by atoms with E-state index in [0.29, 0.717) is 0 Å². The maximum atomic E-state index is 12.5. The Hall–Kier alpha value is -1.26. The van der Waals surface area contributed by atoms with Gasteiger partial charge in [0.15, 0.2) is 0 Å². The van der Waals surface area contributed by atoms with Crippen LogP contribution in [0.1, 0.15) is 64.0 Å². The number of rotatable bonds is 4. The van der Waals surface area contributed by atoms with Crippen LogP contribution in [0.5, 0.6) is 5.75 Å². The van der Waals surface area contributed by atoms with E-state index >= 15 is 0 Å². The minimum absolute atomic E-state index is 0. The van der Waals surface area contributed by atoms with Crippen molar-refractivity contribution >= 4 is 18.3 Å². The number of carbonyl (C=O) groups is 1. The first-order valence-electron chi connectivity index (χ1n) is 8.88. The zero-order chi connectivity index (χ0) is 16.4. The van der Waals surface area contributed by atoms with Crippen molar-refractivity contribution in [3.05, 3.63) is 29.8 Å². The van der Waals surface area contributed by atoms with Crippen molar-refractivity contribution in [1.29, 1.82) is 0 Å². The van der Waals surface area contributed by atoms with Crippen molar-refractivity contribution in [3.8, 4) is 5.75 Å². The molecule has 0 saturated heterocycles. The normalized spacial score (nSPS) is 23.5. The molecule has 1 spiro atoms. The van der Waals surface area contributed by atoms with Crippen LogP contribution in [-0.2, 0) is 4.79 Å². The average Bonchev–Trinajstić information content (AvgIpc) is 3.00. The Morgan fingerprint density at radius 1 is 1.38 bits per heavy atom. The van der Waals surface area contributed by atoms with Crippen LogP contribution in [-0.4, -0.2) is 17.6 Å². The molecule has 134 valence electrons. The minimum atomic E-state index is -0.450. The van der Waals surface area contributed by atoms with Gasteiger partial charge in [0.05, 0.1) is 12.1 Å². The van der Waals surface area contributed by atoms with E-state index in [9.17, 15) is 4.79 Å². The largest absolute Gasteiger partial charge is 0.487 e. The van der Waals surface area contributed by atoms with Gasteiger partial charge in [-0.2, -0.15) is 0 Å². The number of ether oxygens (including phenoxy) is 1. The number of benzene rings is 1. The number of nitrogens with one attached hydrogen (secondary N) is 1. The van der Waals surface area contributed by atoms with Gasteiger partial charge in [0, 0.05) is 12.0 Å². The van der Waals surface area contributed by atoms with Crippen molar-refractivity contribution in [1.82, 2.24) is 5.32 Å². The number of halogens is 1. The first kappa shape index (κ1) is 19.1. The second-order valence-electron chi connectivity index (χ2n) is 7.21. The standard InChI is InChI=1S/C19H28N2O2.ClH/c1-3-13(2)17(20)18(22)21-15-12-19(10-6-7-11-19)23-16-9-5-4-8-14(15)16;/h4-5,8-9,13,15,17H,3,6-7,10-12,20H2,1-2H3,(H,21,22);1H. The number of carbonyl (C=O) groups excluding carboxylic acids is 1. The van der Waals surface area contributed by atoms with Gasteiger partial charge in [-0.1, -0.05) is 38.5 Å². The van der Waals surface area contributed by atoms with E-state index in [1.165, 1.54) is 12.8 Å². The smallest absolute Gasteiger partial charge is 0.237 e. The van der Waals surface area contributed by atoms with E-state index in [4.69, 9.17) is 10.5 Å². The highest BCUT2D eigenvalue weighted by atomic mass is 35.5. The molecule has 0 bridgehead atoms. The SMILES string of the molecule is CCC(C)C(N)C(=O)NC1CC2(CCCC2)Oc2ccccc21.Cl. The third kappa shape index (κ3) is 3.70. The lowest BCUT2D eigenvalue weighted by atomic mass is 9.85. The number of para-hydroxylation sites is 1. The van der Waals surface area contributed by atoms with Gasteiger partial charge < -0.3 is 15.8 Å². The summed E-state index contributed by atoms with van der Waals surface area (Å²) in [5.74, 6) is 1.06. The molecular weight excluding hydrogens is 324 g/mol. The lowest BCUT2D eigenvalue weighted by Crippen LogP contribution is -2.49. The van der Waals surface area contributed by atoms with Gasteiger partial charge in [0.25, 0.3) is 0 Å². The van der Waals surface area contributed by atoms with Crippen molar-refractivity contribution in [3.63, 3.8) is 0 Å². The van der Waals surface area contributed by atoms with Crippen molar-refractivity contribution in [2.24, 2.45) is 11.7 Å². The summed E-state index contributed by atoms with van der Waals surface area (Å²) >= 11 is 0. The molecular formula is C19H29ClN2O2. The topological polar surface area (TPSA) is 64.4 Å². The van der Waals surface area contributed by atoms with E-state index < -0.39 is 6.04 Å². The highest BCUT2D eigenvalue weighted by Gasteiger charge is 2.43. The average molecular weight is 353 g/mol. The zero-order valence-corrected chi connectivity index (χ0v) is 15.4. The van der Waals surface area contributed by atoms with Crippen LogP contribution in [0, 0.1) is 5.92 Å². The van der Waals surface area contributed by atoms with Gasteiger partial charge >= 0.3 is 0 Å². The fourth-order valence-corrected chi connectivity index (χ4v) is 3.85. The summed E-state index contributed by atoms with van der Waals surface area (Å²) in [6.45, 7) is 4.09. The third-order valence-corrected chi connectivity index (χ3v) is 5.59. The minimum Gasteiger partial charge on any atom is -0.487 e. The zero-order valence-electron chi connectivity index (χ0n) is 14.6. The molecule has 1 aromatic rings. The Morgan fingerprint density at radius 2 is 2.04 bits per heavy atom. The van der Waals surface area contributed by atoms with E-state index in [1.54, 1.807) is 0 Å². The van der Waals surface area contributed by atoms with E-state index in [1.807, 2.05) is 25.1 Å². The van der Waals surface area contributed by atoms with Crippen molar-refractivity contribution < 1.29 is 9.53 Å². The first-order chi connectivity index (χ1) is 11.0.